The lowest BCUT2D eigenvalue weighted by atomic mass is 10.2. The molecule has 122 valence electrons. The lowest BCUT2D eigenvalue weighted by molar-refractivity contribution is 0.102. The molecule has 25 heavy (non-hydrogen) atoms. The molecule has 0 bridgehead atoms. The predicted octanol–water partition coefficient (Wildman–Crippen LogP) is 3.77. The molecule has 0 atom stereocenters. The number of imidazole rings is 1. The number of benzene rings is 2. The van der Waals surface area contributed by atoms with E-state index >= 15 is 0 Å². The maximum atomic E-state index is 12.3. The van der Waals surface area contributed by atoms with Crippen molar-refractivity contribution in [2.45, 2.75) is 0 Å². The Morgan fingerprint density at radius 1 is 0.920 bits per heavy atom. The highest BCUT2D eigenvalue weighted by Crippen LogP contribution is 2.20. The third kappa shape index (κ3) is 3.18. The Morgan fingerprint density at radius 2 is 1.64 bits per heavy atom. The standard InChI is InChI=1S/C19H14N4O2/c24-19(14-7-3-1-4-8-14)21-17-13-20-16-11-12-18(22-23(16)17)25-15-9-5-2-6-10-15/h1-13H,(H,21,24). The van der Waals surface area contributed by atoms with Crippen LogP contribution in [-0.4, -0.2) is 20.5 Å². The topological polar surface area (TPSA) is 68.5 Å². The third-order valence-corrected chi connectivity index (χ3v) is 3.58. The zero-order chi connectivity index (χ0) is 17.1. The van der Waals surface area contributed by atoms with Crippen molar-refractivity contribution in [1.29, 1.82) is 0 Å². The summed E-state index contributed by atoms with van der Waals surface area (Å²) in [7, 11) is 0. The minimum Gasteiger partial charge on any atom is -0.438 e. The fourth-order valence-corrected chi connectivity index (χ4v) is 2.38. The summed E-state index contributed by atoms with van der Waals surface area (Å²) in [5, 5.41) is 7.21. The second-order valence-corrected chi connectivity index (χ2v) is 5.32. The lowest BCUT2D eigenvalue weighted by Gasteiger charge is -2.07. The summed E-state index contributed by atoms with van der Waals surface area (Å²) in [6.07, 6.45) is 1.56. The van der Waals surface area contributed by atoms with Crippen LogP contribution in [0.4, 0.5) is 5.82 Å². The Bertz CT molecular complexity index is 1010. The van der Waals surface area contributed by atoms with Crippen LogP contribution in [0.2, 0.25) is 0 Å². The van der Waals surface area contributed by atoms with E-state index in [0.29, 0.717) is 28.7 Å². The number of anilines is 1. The second-order valence-electron chi connectivity index (χ2n) is 5.32. The van der Waals surface area contributed by atoms with Crippen molar-refractivity contribution in [3.63, 3.8) is 0 Å². The van der Waals surface area contributed by atoms with Gasteiger partial charge in [0.05, 0.1) is 6.20 Å². The normalized spacial score (nSPS) is 10.6. The maximum absolute atomic E-state index is 12.3. The first-order chi connectivity index (χ1) is 12.3. The minimum absolute atomic E-state index is 0.224. The highest BCUT2D eigenvalue weighted by molar-refractivity contribution is 6.03. The van der Waals surface area contributed by atoms with E-state index in [9.17, 15) is 4.79 Å². The first kappa shape index (κ1) is 14.9. The van der Waals surface area contributed by atoms with Crippen LogP contribution in [0.1, 0.15) is 10.4 Å². The molecule has 1 amide bonds. The summed E-state index contributed by atoms with van der Waals surface area (Å²) >= 11 is 0. The molecule has 0 saturated carbocycles. The van der Waals surface area contributed by atoms with Gasteiger partial charge in [-0.25, -0.2) is 4.98 Å². The molecule has 0 fully saturated rings. The number of hydrogen-bond donors (Lipinski definition) is 1. The molecule has 4 rings (SSSR count). The highest BCUT2D eigenvalue weighted by Gasteiger charge is 2.11. The zero-order valence-corrected chi connectivity index (χ0v) is 13.2. The molecule has 4 aromatic rings. The number of para-hydroxylation sites is 1. The number of nitrogens with one attached hydrogen (secondary N) is 1. The summed E-state index contributed by atoms with van der Waals surface area (Å²) in [5.41, 5.74) is 1.18. The fourth-order valence-electron chi connectivity index (χ4n) is 2.38. The maximum Gasteiger partial charge on any atom is 0.256 e. The van der Waals surface area contributed by atoms with Gasteiger partial charge in [-0.2, -0.15) is 4.52 Å². The van der Waals surface area contributed by atoms with Crippen LogP contribution < -0.4 is 10.1 Å². The zero-order valence-electron chi connectivity index (χ0n) is 13.2. The number of rotatable bonds is 4. The Labute approximate surface area is 143 Å². The monoisotopic (exact) mass is 330 g/mol. The van der Waals surface area contributed by atoms with Gasteiger partial charge in [-0.15, -0.1) is 5.10 Å². The molecule has 2 aromatic heterocycles. The molecular formula is C19H14N4O2. The molecule has 0 aliphatic heterocycles. The number of aromatic nitrogens is 3. The first-order valence-electron chi connectivity index (χ1n) is 7.74. The van der Waals surface area contributed by atoms with Crippen molar-refractivity contribution in [1.82, 2.24) is 14.6 Å². The van der Waals surface area contributed by atoms with Crippen LogP contribution >= 0.6 is 0 Å². The fraction of sp³-hybridized carbons (Fsp3) is 0. The summed E-state index contributed by atoms with van der Waals surface area (Å²) in [4.78, 5) is 16.6. The molecule has 0 aliphatic carbocycles. The Balaban J connectivity index is 1.61. The van der Waals surface area contributed by atoms with Crippen LogP contribution in [0.15, 0.2) is 79.0 Å². The van der Waals surface area contributed by atoms with Gasteiger partial charge in [-0.1, -0.05) is 36.4 Å². The van der Waals surface area contributed by atoms with Crippen molar-refractivity contribution >= 4 is 17.4 Å². The van der Waals surface area contributed by atoms with Gasteiger partial charge in [0.2, 0.25) is 5.88 Å². The van der Waals surface area contributed by atoms with E-state index in [1.54, 1.807) is 35.0 Å². The molecule has 2 heterocycles. The Hall–Kier alpha value is -3.67. The lowest BCUT2D eigenvalue weighted by Crippen LogP contribution is -2.13. The summed E-state index contributed by atoms with van der Waals surface area (Å²) in [6.45, 7) is 0. The number of fused-ring (bicyclic) bond motifs is 1. The van der Waals surface area contributed by atoms with E-state index in [2.05, 4.69) is 15.4 Å². The molecule has 0 unspecified atom stereocenters. The van der Waals surface area contributed by atoms with Gasteiger partial charge in [0.15, 0.2) is 11.5 Å². The number of hydrogen-bond acceptors (Lipinski definition) is 4. The SMILES string of the molecule is O=C(Nc1cnc2ccc(Oc3ccccc3)nn12)c1ccccc1. The summed E-state index contributed by atoms with van der Waals surface area (Å²) < 4.78 is 7.27. The molecule has 6 heteroatoms. The molecule has 2 aromatic carbocycles. The average molecular weight is 330 g/mol. The van der Waals surface area contributed by atoms with Gasteiger partial charge in [-0.05, 0) is 30.3 Å². The van der Waals surface area contributed by atoms with E-state index in [0.717, 1.165) is 0 Å². The van der Waals surface area contributed by atoms with E-state index in [-0.39, 0.29) is 5.91 Å². The van der Waals surface area contributed by atoms with Crippen LogP contribution in [0.25, 0.3) is 5.65 Å². The van der Waals surface area contributed by atoms with Crippen LogP contribution in [0.5, 0.6) is 11.6 Å². The number of amides is 1. The van der Waals surface area contributed by atoms with Crippen LogP contribution in [0, 0.1) is 0 Å². The van der Waals surface area contributed by atoms with Gasteiger partial charge >= 0.3 is 0 Å². The summed E-state index contributed by atoms with van der Waals surface area (Å²) in [6, 6.07) is 21.9. The highest BCUT2D eigenvalue weighted by atomic mass is 16.5. The van der Waals surface area contributed by atoms with Crippen molar-refractivity contribution in [3.05, 3.63) is 84.6 Å². The van der Waals surface area contributed by atoms with Gasteiger partial charge in [0.25, 0.3) is 5.91 Å². The number of carbonyl (C=O) groups excluding carboxylic acids is 1. The van der Waals surface area contributed by atoms with Gasteiger partial charge < -0.3 is 10.1 Å². The van der Waals surface area contributed by atoms with Crippen molar-refractivity contribution in [2.24, 2.45) is 0 Å². The van der Waals surface area contributed by atoms with E-state index in [1.165, 1.54) is 0 Å². The average Bonchev–Trinajstić information content (AvgIpc) is 3.05. The van der Waals surface area contributed by atoms with Crippen LogP contribution in [-0.2, 0) is 0 Å². The van der Waals surface area contributed by atoms with E-state index < -0.39 is 0 Å². The predicted molar refractivity (Wildman–Crippen MR) is 93.9 cm³/mol. The molecule has 0 aliphatic rings. The molecule has 0 radical (unpaired) electrons. The third-order valence-electron chi connectivity index (χ3n) is 3.58. The second kappa shape index (κ2) is 6.45. The Kier molecular flexibility index (Phi) is 3.84. The molecule has 0 spiro atoms. The Morgan fingerprint density at radius 3 is 2.40 bits per heavy atom. The van der Waals surface area contributed by atoms with Crippen LogP contribution in [0.3, 0.4) is 0 Å². The molecule has 1 N–H and O–H groups in total. The first-order valence-corrected chi connectivity index (χ1v) is 7.74. The van der Waals surface area contributed by atoms with Gasteiger partial charge in [0.1, 0.15) is 5.75 Å². The minimum atomic E-state index is -0.224. The van der Waals surface area contributed by atoms with Crippen molar-refractivity contribution in [3.8, 4) is 11.6 Å². The number of carbonyl (C=O) groups is 1. The number of ether oxygens (including phenoxy) is 1. The largest absolute Gasteiger partial charge is 0.438 e. The van der Waals surface area contributed by atoms with Crippen molar-refractivity contribution < 1.29 is 9.53 Å². The molecule has 0 saturated heterocycles. The molecule has 6 nitrogen and oxygen atoms in total. The quantitative estimate of drug-likeness (QED) is 0.618. The molecular weight excluding hydrogens is 316 g/mol. The van der Waals surface area contributed by atoms with Gasteiger partial charge in [0, 0.05) is 11.6 Å². The van der Waals surface area contributed by atoms with E-state index in [1.807, 2.05) is 48.5 Å². The van der Waals surface area contributed by atoms with Gasteiger partial charge in [-0.3, -0.25) is 4.79 Å². The summed E-state index contributed by atoms with van der Waals surface area (Å²) in [5.74, 6) is 1.34. The number of nitrogens with zero attached hydrogens (tertiary/aromatic N) is 3. The van der Waals surface area contributed by atoms with Crippen molar-refractivity contribution in [2.75, 3.05) is 5.32 Å². The van der Waals surface area contributed by atoms with E-state index in [4.69, 9.17) is 4.74 Å². The smallest absolute Gasteiger partial charge is 0.256 e.